The second kappa shape index (κ2) is 12.6. The molecule has 7 heteroatoms. The molecular weight excluding hydrogens is 475 g/mol. The summed E-state index contributed by atoms with van der Waals surface area (Å²) in [7, 11) is -5.69. The zero-order valence-electron chi connectivity index (χ0n) is 24.4. The predicted octanol–water partition coefficient (Wildman–Crippen LogP) is 9.16. The number of hydrogen-bond donors (Lipinski definition) is 0. The van der Waals surface area contributed by atoms with E-state index in [-0.39, 0.29) is 35.5 Å². The highest BCUT2D eigenvalue weighted by atomic mass is 31.2. The molecule has 0 N–H and O–H groups in total. The van der Waals surface area contributed by atoms with E-state index in [2.05, 4.69) is 67.3 Å². The van der Waals surface area contributed by atoms with Crippen LogP contribution in [-0.2, 0) is 23.5 Å². The number of hydrogen-bond acceptors (Lipinski definition) is 5. The van der Waals surface area contributed by atoms with Crippen molar-refractivity contribution in [3.8, 4) is 5.75 Å². The predicted molar refractivity (Wildman–Crippen MR) is 152 cm³/mol. The van der Waals surface area contributed by atoms with Crippen molar-refractivity contribution in [2.45, 2.75) is 99.2 Å². The number of phosphoric ester groups is 1. The van der Waals surface area contributed by atoms with Crippen LogP contribution in [0.15, 0.2) is 18.7 Å². The normalized spacial score (nSPS) is 13.5. The molecule has 1 aromatic carbocycles. The van der Waals surface area contributed by atoms with Crippen molar-refractivity contribution < 1.29 is 22.6 Å². The maximum Gasteiger partial charge on any atom is 0.530 e. The first-order valence-corrected chi connectivity index (χ1v) is 17.2. The summed E-state index contributed by atoms with van der Waals surface area (Å²) >= 11 is 0. The highest BCUT2D eigenvalue weighted by Gasteiger charge is 2.38. The quantitative estimate of drug-likeness (QED) is 0.179. The molecule has 0 spiro atoms. The Morgan fingerprint density at radius 1 is 1.00 bits per heavy atom. The molecule has 5 nitrogen and oxygen atoms in total. The van der Waals surface area contributed by atoms with Crippen LogP contribution < -0.4 is 4.52 Å². The van der Waals surface area contributed by atoms with Crippen LogP contribution in [0.25, 0.3) is 6.08 Å². The van der Waals surface area contributed by atoms with E-state index in [1.165, 1.54) is 0 Å². The van der Waals surface area contributed by atoms with Crippen LogP contribution in [0.2, 0.25) is 18.1 Å². The molecule has 0 aliphatic heterocycles. The summed E-state index contributed by atoms with van der Waals surface area (Å²) in [4.78, 5) is 0. The molecule has 1 aromatic rings. The van der Waals surface area contributed by atoms with Crippen molar-refractivity contribution in [1.29, 1.82) is 0 Å². The fourth-order valence-corrected chi connectivity index (χ4v) is 6.00. The highest BCUT2D eigenvalue weighted by Crippen LogP contribution is 2.53. The van der Waals surface area contributed by atoms with Crippen molar-refractivity contribution >= 4 is 22.2 Å². The summed E-state index contributed by atoms with van der Waals surface area (Å²) in [6.45, 7) is 30.9. The monoisotopic (exact) mass is 526 g/mol. The van der Waals surface area contributed by atoms with Gasteiger partial charge in [-0.2, -0.15) is 0 Å². The molecule has 0 amide bonds. The Morgan fingerprint density at radius 3 is 1.94 bits per heavy atom. The van der Waals surface area contributed by atoms with E-state index in [9.17, 15) is 4.57 Å². The second-order valence-corrected chi connectivity index (χ2v) is 19.0. The molecule has 0 heterocycles. The Kier molecular flexibility index (Phi) is 11.5. The van der Waals surface area contributed by atoms with Gasteiger partial charge >= 0.3 is 7.82 Å². The van der Waals surface area contributed by atoms with Gasteiger partial charge in [0.1, 0.15) is 5.75 Å². The van der Waals surface area contributed by atoms with Gasteiger partial charge in [-0.3, -0.25) is 9.05 Å². The lowest BCUT2D eigenvalue weighted by molar-refractivity contribution is 0.130. The lowest BCUT2D eigenvalue weighted by Gasteiger charge is -2.38. The average Bonchev–Trinajstić information content (AvgIpc) is 2.69. The molecule has 0 saturated heterocycles. The zero-order chi connectivity index (χ0) is 27.2. The summed E-state index contributed by atoms with van der Waals surface area (Å²) in [5.74, 6) is 0.909. The van der Waals surface area contributed by atoms with Gasteiger partial charge in [0.15, 0.2) is 8.32 Å². The number of rotatable bonds is 14. The van der Waals surface area contributed by atoms with Gasteiger partial charge < -0.3 is 8.95 Å². The second-order valence-electron chi connectivity index (χ2n) is 12.6. The first kappa shape index (κ1) is 32.1. The molecule has 0 bridgehead atoms. The molecule has 0 unspecified atom stereocenters. The van der Waals surface area contributed by atoms with Gasteiger partial charge in [0.25, 0.3) is 0 Å². The van der Waals surface area contributed by atoms with Gasteiger partial charge in [0.05, 0.1) is 13.2 Å². The van der Waals surface area contributed by atoms with Gasteiger partial charge in [-0.25, -0.2) is 4.57 Å². The smallest absolute Gasteiger partial charge is 0.417 e. The van der Waals surface area contributed by atoms with Crippen LogP contribution in [0.1, 0.15) is 85.4 Å². The molecule has 202 valence electrons. The Morgan fingerprint density at radius 2 is 1.51 bits per heavy atom. The largest absolute Gasteiger partial charge is 0.530 e. The van der Waals surface area contributed by atoms with Crippen molar-refractivity contribution in [1.82, 2.24) is 0 Å². The van der Waals surface area contributed by atoms with Crippen LogP contribution in [-0.4, -0.2) is 28.1 Å². The SMILES string of the molecule is C=Cc1cc(C)c(C(C)(C)CCO[Si](C)(C)C(C)(C)C)c(OP(=O)(OCC(C)C)OCC(C)C)c1. The third kappa shape index (κ3) is 9.81. The molecule has 0 aliphatic rings. The van der Waals surface area contributed by atoms with Gasteiger partial charge in [0, 0.05) is 12.2 Å². The van der Waals surface area contributed by atoms with E-state index < -0.39 is 16.1 Å². The molecule has 35 heavy (non-hydrogen) atoms. The lowest BCUT2D eigenvalue weighted by Crippen LogP contribution is -2.41. The number of aryl methyl sites for hydroxylation is 1. The van der Waals surface area contributed by atoms with Crippen molar-refractivity contribution in [2.24, 2.45) is 11.8 Å². The maximum absolute atomic E-state index is 13.7. The fourth-order valence-electron chi connectivity index (χ4n) is 3.43. The molecule has 0 saturated carbocycles. The molecule has 1 rings (SSSR count). The number of benzene rings is 1. The lowest BCUT2D eigenvalue weighted by atomic mass is 9.78. The van der Waals surface area contributed by atoms with Crippen molar-refractivity contribution in [2.75, 3.05) is 19.8 Å². The first-order chi connectivity index (χ1) is 15.8. The summed E-state index contributed by atoms with van der Waals surface area (Å²) in [6, 6.07) is 3.97. The fraction of sp³-hybridized carbons (Fsp3) is 0.714. The standard InChI is InChI=1S/C28H51O5PSi/c1-14-24-17-23(6)26(28(10,11)15-16-32-35(12,13)27(7,8)9)25(18-24)33-34(29,30-19-21(2)3)31-20-22(4)5/h14,17-18,21-22H,1,15-16,19-20H2,2-13H3. The molecule has 0 aromatic heterocycles. The summed E-state index contributed by atoms with van der Waals surface area (Å²) in [5.41, 5.74) is 2.65. The van der Waals surface area contributed by atoms with E-state index in [0.717, 1.165) is 23.1 Å². The molecule has 0 radical (unpaired) electrons. The molecule has 0 aliphatic carbocycles. The molecular formula is C28H51O5PSi. The Bertz CT molecular complexity index is 868. The Labute approximate surface area is 216 Å². The molecule has 0 atom stereocenters. The Hall–Kier alpha value is -0.913. The topological polar surface area (TPSA) is 54.0 Å². The van der Waals surface area contributed by atoms with Crippen LogP contribution in [0.3, 0.4) is 0 Å². The van der Waals surface area contributed by atoms with Gasteiger partial charge in [0.2, 0.25) is 0 Å². The van der Waals surface area contributed by atoms with Crippen LogP contribution in [0.4, 0.5) is 0 Å². The van der Waals surface area contributed by atoms with Crippen molar-refractivity contribution in [3.63, 3.8) is 0 Å². The van der Waals surface area contributed by atoms with Crippen LogP contribution in [0.5, 0.6) is 5.75 Å². The third-order valence-electron chi connectivity index (χ3n) is 6.57. The van der Waals surface area contributed by atoms with Gasteiger partial charge in [-0.05, 0) is 65.9 Å². The summed E-state index contributed by atoms with van der Waals surface area (Å²) in [6.07, 6.45) is 2.57. The number of phosphoric acid groups is 1. The van der Waals surface area contributed by atoms with Gasteiger partial charge in [-0.15, -0.1) is 0 Å². The minimum absolute atomic E-state index is 0.154. The highest BCUT2D eigenvalue weighted by molar-refractivity contribution is 7.48. The van der Waals surface area contributed by atoms with E-state index in [0.29, 0.717) is 12.4 Å². The van der Waals surface area contributed by atoms with Crippen LogP contribution >= 0.6 is 7.82 Å². The maximum atomic E-state index is 13.7. The average molecular weight is 527 g/mol. The third-order valence-corrected chi connectivity index (χ3v) is 12.5. The van der Waals surface area contributed by atoms with Gasteiger partial charge in [-0.1, -0.05) is 81.0 Å². The van der Waals surface area contributed by atoms with E-state index in [1.54, 1.807) is 6.08 Å². The summed E-state index contributed by atoms with van der Waals surface area (Å²) in [5, 5.41) is 0.154. The van der Waals surface area contributed by atoms with E-state index >= 15 is 0 Å². The minimum Gasteiger partial charge on any atom is -0.417 e. The van der Waals surface area contributed by atoms with Crippen molar-refractivity contribution in [3.05, 3.63) is 35.4 Å². The van der Waals surface area contributed by atoms with Crippen LogP contribution in [0, 0.1) is 18.8 Å². The van der Waals surface area contributed by atoms with E-state index in [1.807, 2.05) is 33.8 Å². The zero-order valence-corrected chi connectivity index (χ0v) is 26.3. The minimum atomic E-state index is -3.83. The Balaban J connectivity index is 3.36. The first-order valence-electron chi connectivity index (χ1n) is 12.8. The molecule has 0 fully saturated rings. The van der Waals surface area contributed by atoms with E-state index in [4.69, 9.17) is 18.0 Å². The summed E-state index contributed by atoms with van der Waals surface area (Å²) < 4.78 is 37.9.